The zero-order valence-electron chi connectivity index (χ0n) is 12.8. The van der Waals surface area contributed by atoms with Crippen molar-refractivity contribution in [1.29, 1.82) is 0 Å². The van der Waals surface area contributed by atoms with E-state index in [-0.39, 0.29) is 12.4 Å². The fraction of sp³-hybridized carbons (Fsp3) is 0.667. The van der Waals surface area contributed by atoms with Gasteiger partial charge in [0, 0.05) is 62.4 Å². The predicted molar refractivity (Wildman–Crippen MR) is 79.2 cm³/mol. The molecule has 0 saturated carbocycles. The van der Waals surface area contributed by atoms with E-state index in [9.17, 15) is 4.79 Å². The highest BCUT2D eigenvalue weighted by Crippen LogP contribution is 2.39. The Morgan fingerprint density at radius 1 is 1.41 bits per heavy atom. The fourth-order valence-corrected chi connectivity index (χ4v) is 4.05. The Hall–Kier alpha value is -1.89. The third kappa shape index (κ3) is 2.61. The average molecular weight is 306 g/mol. The van der Waals surface area contributed by atoms with Crippen LogP contribution in [0.1, 0.15) is 12.1 Å². The topological polar surface area (TPSA) is 78.7 Å². The number of rotatable bonds is 1. The van der Waals surface area contributed by atoms with E-state index in [1.54, 1.807) is 0 Å². The van der Waals surface area contributed by atoms with Crippen LogP contribution in [0.4, 0.5) is 0 Å². The zero-order chi connectivity index (χ0) is 15.7. The quantitative estimate of drug-likeness (QED) is 0.734. The molecule has 2 fully saturated rings. The lowest BCUT2D eigenvalue weighted by Gasteiger charge is -2.60. The van der Waals surface area contributed by atoms with Gasteiger partial charge in [0.2, 0.25) is 5.91 Å². The molecule has 1 N–H and O–H groups in total. The normalized spacial score (nSPS) is 25.3. The van der Waals surface area contributed by atoms with Crippen molar-refractivity contribution in [3.8, 4) is 0 Å². The summed E-state index contributed by atoms with van der Waals surface area (Å²) in [6.45, 7) is 4.92. The zero-order valence-corrected chi connectivity index (χ0v) is 12.8. The summed E-state index contributed by atoms with van der Waals surface area (Å²) in [6, 6.07) is 2.04. The number of aryl methyl sites for hydroxylation is 1. The Balaban J connectivity index is 0.000000446. The number of fused-ring (bicyclic) bond motifs is 1. The molecule has 2 saturated heterocycles. The van der Waals surface area contributed by atoms with E-state index in [2.05, 4.69) is 21.9 Å². The Morgan fingerprint density at radius 3 is 2.73 bits per heavy atom. The minimum atomic E-state index is -0.250. The summed E-state index contributed by atoms with van der Waals surface area (Å²) in [5.41, 5.74) is 1.66. The van der Waals surface area contributed by atoms with Crippen molar-refractivity contribution >= 4 is 12.4 Å². The molecule has 0 aliphatic carbocycles. The maximum absolute atomic E-state index is 12.5. The first-order valence-electron chi connectivity index (χ1n) is 7.63. The van der Waals surface area contributed by atoms with Crippen molar-refractivity contribution < 1.29 is 14.7 Å². The lowest BCUT2D eigenvalue weighted by Crippen LogP contribution is -2.72. The van der Waals surface area contributed by atoms with Crippen LogP contribution in [-0.4, -0.2) is 70.3 Å². The van der Waals surface area contributed by atoms with Crippen molar-refractivity contribution in [2.75, 3.05) is 33.2 Å². The van der Waals surface area contributed by atoms with Gasteiger partial charge < -0.3 is 14.9 Å². The summed E-state index contributed by atoms with van der Waals surface area (Å²) in [5, 5.41) is 11.2. The molecule has 1 aromatic heterocycles. The largest absolute Gasteiger partial charge is 0.483 e. The van der Waals surface area contributed by atoms with Gasteiger partial charge in [0.1, 0.15) is 0 Å². The predicted octanol–water partition coefficient (Wildman–Crippen LogP) is -0.0797. The molecule has 4 rings (SSSR count). The smallest absolute Gasteiger partial charge is 0.290 e. The number of carboxylic acid groups (broad SMARTS) is 1. The summed E-state index contributed by atoms with van der Waals surface area (Å²) >= 11 is 0. The first kappa shape index (κ1) is 15.0. The van der Waals surface area contributed by atoms with Gasteiger partial charge in [-0.2, -0.15) is 5.10 Å². The first-order valence-corrected chi connectivity index (χ1v) is 7.63. The number of hydrogen-bond donors (Lipinski definition) is 1. The van der Waals surface area contributed by atoms with Gasteiger partial charge in [-0.1, -0.05) is 0 Å². The standard InChI is InChI=1S/C14H20N4O.CH2O2/c1-16-7-14(8-16)9-17(10-14)13(19)11-3-5-18-12(6-11)2-4-15-18;2-1-3/h2,4,11H,3,5-10H2,1H3;1H,(H,2,3). The number of aromatic nitrogens is 2. The second-order valence-corrected chi connectivity index (χ2v) is 6.71. The van der Waals surface area contributed by atoms with Crippen LogP contribution in [-0.2, 0) is 22.6 Å². The van der Waals surface area contributed by atoms with Gasteiger partial charge in [0.15, 0.2) is 0 Å². The van der Waals surface area contributed by atoms with Crippen LogP contribution in [0.15, 0.2) is 12.3 Å². The minimum Gasteiger partial charge on any atom is -0.483 e. The van der Waals surface area contributed by atoms with Crippen LogP contribution in [0.25, 0.3) is 0 Å². The number of carbonyl (C=O) groups excluding carboxylic acids is 1. The van der Waals surface area contributed by atoms with Crippen LogP contribution >= 0.6 is 0 Å². The average Bonchev–Trinajstić information content (AvgIpc) is 2.88. The summed E-state index contributed by atoms with van der Waals surface area (Å²) in [4.78, 5) is 25.3. The molecule has 7 heteroatoms. The van der Waals surface area contributed by atoms with E-state index in [4.69, 9.17) is 9.90 Å². The maximum atomic E-state index is 12.5. The Bertz CT molecular complexity index is 557. The monoisotopic (exact) mass is 306 g/mol. The van der Waals surface area contributed by atoms with Gasteiger partial charge in [-0.05, 0) is 19.5 Å². The van der Waals surface area contributed by atoms with E-state index in [1.807, 2.05) is 16.9 Å². The van der Waals surface area contributed by atoms with Crippen LogP contribution in [0.5, 0.6) is 0 Å². The summed E-state index contributed by atoms with van der Waals surface area (Å²) < 4.78 is 2.03. The highest BCUT2D eigenvalue weighted by atomic mass is 16.3. The maximum Gasteiger partial charge on any atom is 0.290 e. The Labute approximate surface area is 129 Å². The van der Waals surface area contributed by atoms with Crippen LogP contribution < -0.4 is 0 Å². The van der Waals surface area contributed by atoms with E-state index in [1.165, 1.54) is 5.69 Å². The number of hydrogen-bond acceptors (Lipinski definition) is 4. The molecule has 0 radical (unpaired) electrons. The van der Waals surface area contributed by atoms with Crippen LogP contribution in [0.2, 0.25) is 0 Å². The van der Waals surface area contributed by atoms with Crippen molar-refractivity contribution in [2.45, 2.75) is 19.4 Å². The van der Waals surface area contributed by atoms with Crippen molar-refractivity contribution in [2.24, 2.45) is 11.3 Å². The molecule has 4 heterocycles. The summed E-state index contributed by atoms with van der Waals surface area (Å²) in [5.74, 6) is 0.548. The van der Waals surface area contributed by atoms with Crippen molar-refractivity contribution in [3.63, 3.8) is 0 Å². The van der Waals surface area contributed by atoms with Crippen molar-refractivity contribution in [3.05, 3.63) is 18.0 Å². The minimum absolute atomic E-state index is 0.180. The molecule has 1 spiro atoms. The molecule has 120 valence electrons. The second kappa shape index (κ2) is 5.72. The Morgan fingerprint density at radius 2 is 2.09 bits per heavy atom. The summed E-state index contributed by atoms with van der Waals surface area (Å²) in [7, 11) is 2.15. The molecule has 1 amide bonds. The molecule has 0 bridgehead atoms. The summed E-state index contributed by atoms with van der Waals surface area (Å²) in [6.07, 6.45) is 3.64. The lowest BCUT2D eigenvalue weighted by atomic mass is 9.72. The van der Waals surface area contributed by atoms with Gasteiger partial charge in [-0.3, -0.25) is 14.3 Å². The molecular weight excluding hydrogens is 284 g/mol. The van der Waals surface area contributed by atoms with Gasteiger partial charge in [-0.25, -0.2) is 0 Å². The Kier molecular flexibility index (Phi) is 3.90. The van der Waals surface area contributed by atoms with Crippen LogP contribution in [0, 0.1) is 11.3 Å². The molecular formula is C15H22N4O3. The fourth-order valence-electron chi connectivity index (χ4n) is 4.05. The highest BCUT2D eigenvalue weighted by molar-refractivity contribution is 5.80. The van der Waals surface area contributed by atoms with Gasteiger partial charge in [-0.15, -0.1) is 0 Å². The molecule has 3 aliphatic heterocycles. The van der Waals surface area contributed by atoms with E-state index >= 15 is 0 Å². The molecule has 7 nitrogen and oxygen atoms in total. The molecule has 0 aromatic carbocycles. The van der Waals surface area contributed by atoms with Gasteiger partial charge >= 0.3 is 0 Å². The number of amides is 1. The lowest BCUT2D eigenvalue weighted by molar-refractivity contribution is -0.161. The SMILES string of the molecule is CN1CC2(C1)CN(C(=O)C1CCn3nccc3C1)C2.O=CO. The number of carbonyl (C=O) groups is 2. The van der Waals surface area contributed by atoms with E-state index < -0.39 is 0 Å². The third-order valence-electron chi connectivity index (χ3n) is 4.87. The van der Waals surface area contributed by atoms with Crippen LogP contribution in [0.3, 0.4) is 0 Å². The molecule has 3 aliphatic rings. The van der Waals surface area contributed by atoms with Crippen molar-refractivity contribution in [1.82, 2.24) is 19.6 Å². The molecule has 1 aromatic rings. The van der Waals surface area contributed by atoms with E-state index in [0.29, 0.717) is 11.3 Å². The third-order valence-corrected chi connectivity index (χ3v) is 4.87. The molecule has 1 atom stereocenters. The number of nitrogens with zero attached hydrogens (tertiary/aromatic N) is 4. The van der Waals surface area contributed by atoms with Gasteiger partial charge in [0.25, 0.3) is 6.47 Å². The second-order valence-electron chi connectivity index (χ2n) is 6.71. The number of likely N-dealkylation sites (tertiary alicyclic amines) is 2. The molecule has 22 heavy (non-hydrogen) atoms. The highest BCUT2D eigenvalue weighted by Gasteiger charge is 2.52. The van der Waals surface area contributed by atoms with Gasteiger partial charge in [0.05, 0.1) is 0 Å². The molecule has 1 unspecified atom stereocenters. The first-order chi connectivity index (χ1) is 10.6. The van der Waals surface area contributed by atoms with E-state index in [0.717, 1.165) is 45.6 Å².